The van der Waals surface area contributed by atoms with Gasteiger partial charge in [0, 0.05) is 57.3 Å². The molecule has 2 aliphatic heterocycles. The SMILES string of the molecule is CCOC(=O)CC[C@@H]1c2nc(cc3[nH]c(cc4nc(cc5[nH]c(cc5C)c2C)C(CC)=C4C)c(CO)c3C)[C@H]1C. The van der Waals surface area contributed by atoms with Gasteiger partial charge in [-0.3, -0.25) is 9.78 Å². The average molecular weight is 541 g/mol. The number of aryl methyl sites for hydroxylation is 3. The summed E-state index contributed by atoms with van der Waals surface area (Å²) in [6.07, 6.45) is 1.89. The number of allylic oxidation sites excluding steroid dienone is 2. The van der Waals surface area contributed by atoms with E-state index in [1.807, 2.05) is 13.8 Å². The number of fused-ring (bicyclic) bond motifs is 8. The molecule has 2 atom stereocenters. The Bertz CT molecular complexity index is 1670. The number of nitrogens with one attached hydrogen (secondary N) is 2. The third kappa shape index (κ3) is 4.87. The van der Waals surface area contributed by atoms with Crippen LogP contribution >= 0.6 is 0 Å². The highest BCUT2D eigenvalue weighted by molar-refractivity contribution is 5.92. The molecular weight excluding hydrogens is 500 g/mol. The summed E-state index contributed by atoms with van der Waals surface area (Å²) in [5.41, 5.74) is 14.1. The Morgan fingerprint density at radius 2 is 1.62 bits per heavy atom. The fourth-order valence-corrected chi connectivity index (χ4v) is 6.16. The van der Waals surface area contributed by atoms with Crippen LogP contribution < -0.4 is 0 Å². The lowest BCUT2D eigenvalue weighted by Crippen LogP contribution is -2.09. The predicted octanol–water partition coefficient (Wildman–Crippen LogP) is 7.30. The summed E-state index contributed by atoms with van der Waals surface area (Å²) in [6.45, 7) is 14.9. The van der Waals surface area contributed by atoms with Crippen LogP contribution in [0.1, 0.15) is 104 Å². The summed E-state index contributed by atoms with van der Waals surface area (Å²) < 4.78 is 5.24. The van der Waals surface area contributed by atoms with Crippen LogP contribution in [0.15, 0.2) is 24.3 Å². The van der Waals surface area contributed by atoms with E-state index in [0.29, 0.717) is 19.4 Å². The minimum absolute atomic E-state index is 0.0695. The van der Waals surface area contributed by atoms with E-state index in [2.05, 4.69) is 68.9 Å². The number of hydrogen-bond donors (Lipinski definition) is 3. The number of esters is 1. The van der Waals surface area contributed by atoms with Gasteiger partial charge in [-0.05, 0) is 99.6 Å². The molecule has 0 fully saturated rings. The number of aromatic amines is 2. The van der Waals surface area contributed by atoms with Crippen molar-refractivity contribution in [1.82, 2.24) is 19.9 Å². The van der Waals surface area contributed by atoms with E-state index in [1.165, 1.54) is 5.57 Å². The van der Waals surface area contributed by atoms with Crippen molar-refractivity contribution in [2.45, 2.75) is 86.2 Å². The van der Waals surface area contributed by atoms with E-state index in [9.17, 15) is 9.90 Å². The number of rotatable bonds is 6. The zero-order valence-corrected chi connectivity index (χ0v) is 24.7. The van der Waals surface area contributed by atoms with E-state index in [0.717, 1.165) is 79.1 Å². The van der Waals surface area contributed by atoms with Crippen LogP contribution in [0.5, 0.6) is 0 Å². The monoisotopic (exact) mass is 540 g/mol. The predicted molar refractivity (Wildman–Crippen MR) is 161 cm³/mol. The Labute approximate surface area is 235 Å². The second-order valence-electron chi connectivity index (χ2n) is 11.1. The molecule has 2 aliphatic rings. The normalized spacial score (nSPS) is 17.0. The maximum absolute atomic E-state index is 12.3. The zero-order chi connectivity index (χ0) is 28.7. The molecule has 5 heterocycles. The first kappa shape index (κ1) is 27.8. The number of nitrogens with zero attached hydrogens (tertiary/aromatic N) is 2. The highest BCUT2D eigenvalue weighted by Crippen LogP contribution is 2.42. The number of hydrogen-bond acceptors (Lipinski definition) is 5. The molecule has 0 unspecified atom stereocenters. The number of carbonyl (C=O) groups is 1. The van der Waals surface area contributed by atoms with Crippen molar-refractivity contribution >= 4 is 39.2 Å². The molecule has 3 aromatic heterocycles. The molecule has 40 heavy (non-hydrogen) atoms. The highest BCUT2D eigenvalue weighted by Gasteiger charge is 2.31. The molecule has 0 spiro atoms. The van der Waals surface area contributed by atoms with E-state index in [4.69, 9.17) is 14.7 Å². The van der Waals surface area contributed by atoms with Gasteiger partial charge in [-0.25, -0.2) is 4.98 Å². The Morgan fingerprint density at radius 1 is 0.925 bits per heavy atom. The molecule has 8 bridgehead atoms. The lowest BCUT2D eigenvalue weighted by Gasteiger charge is -2.16. The largest absolute Gasteiger partial charge is 0.466 e. The topological polar surface area (TPSA) is 104 Å². The van der Waals surface area contributed by atoms with Crippen molar-refractivity contribution < 1.29 is 14.6 Å². The number of aromatic nitrogens is 4. The number of aliphatic hydroxyl groups excluding tert-OH is 1. The Morgan fingerprint density at radius 3 is 2.33 bits per heavy atom. The van der Waals surface area contributed by atoms with Crippen LogP contribution in [-0.2, 0) is 16.1 Å². The van der Waals surface area contributed by atoms with Gasteiger partial charge in [-0.15, -0.1) is 0 Å². The summed E-state index contributed by atoms with van der Waals surface area (Å²) in [5.74, 6) is 0.0128. The molecule has 7 heteroatoms. The quantitative estimate of drug-likeness (QED) is 0.285. The van der Waals surface area contributed by atoms with Crippen molar-refractivity contribution in [1.29, 1.82) is 0 Å². The first-order chi connectivity index (χ1) is 19.2. The maximum atomic E-state index is 12.3. The number of carbonyl (C=O) groups excluding carboxylic acids is 1. The molecule has 5 rings (SSSR count). The third-order valence-electron chi connectivity index (χ3n) is 8.68. The molecule has 0 saturated heterocycles. The fourth-order valence-electron chi connectivity index (χ4n) is 6.16. The molecule has 0 amide bonds. The van der Waals surface area contributed by atoms with Gasteiger partial charge < -0.3 is 19.8 Å². The van der Waals surface area contributed by atoms with E-state index >= 15 is 0 Å². The summed E-state index contributed by atoms with van der Waals surface area (Å²) >= 11 is 0. The van der Waals surface area contributed by atoms with Crippen LogP contribution in [0, 0.1) is 20.8 Å². The van der Waals surface area contributed by atoms with Crippen LogP contribution in [0.2, 0.25) is 0 Å². The van der Waals surface area contributed by atoms with E-state index in [-0.39, 0.29) is 24.4 Å². The highest BCUT2D eigenvalue weighted by atomic mass is 16.5. The first-order valence-electron chi connectivity index (χ1n) is 14.3. The molecular formula is C33H40N4O3. The smallest absolute Gasteiger partial charge is 0.305 e. The Kier molecular flexibility index (Phi) is 7.69. The second kappa shape index (κ2) is 11.0. The van der Waals surface area contributed by atoms with Crippen molar-refractivity contribution in [2.24, 2.45) is 0 Å². The standard InChI is InChI=1S/C33H40N4O3/c1-8-22-18(4)28-15-31-24(16-38)20(6)27(36-31)14-29-19(5)23(10-11-32(39)40-9-2)33(37-29)21(7)26-12-17(3)25(34-26)13-30(22)35-28/h12-15,19,23,34,36,38H,8-11,16H2,1-7H3/t19-,23-/m0/s1. The second-order valence-corrected chi connectivity index (χ2v) is 11.1. The van der Waals surface area contributed by atoms with E-state index < -0.39 is 0 Å². The lowest BCUT2D eigenvalue weighted by atomic mass is 9.86. The zero-order valence-electron chi connectivity index (χ0n) is 24.7. The molecule has 3 N–H and O–H groups in total. The van der Waals surface area contributed by atoms with Gasteiger partial charge in [0.05, 0.1) is 24.6 Å². The van der Waals surface area contributed by atoms with Gasteiger partial charge >= 0.3 is 5.97 Å². The van der Waals surface area contributed by atoms with Crippen molar-refractivity contribution in [2.75, 3.05) is 6.61 Å². The van der Waals surface area contributed by atoms with Crippen LogP contribution in [0.25, 0.3) is 33.2 Å². The van der Waals surface area contributed by atoms with Gasteiger partial charge in [0.15, 0.2) is 0 Å². The summed E-state index contributed by atoms with van der Waals surface area (Å²) in [4.78, 5) is 29.7. The van der Waals surface area contributed by atoms with Crippen molar-refractivity contribution in [3.63, 3.8) is 0 Å². The van der Waals surface area contributed by atoms with Crippen LogP contribution in [0.3, 0.4) is 0 Å². The van der Waals surface area contributed by atoms with Gasteiger partial charge in [0.2, 0.25) is 0 Å². The summed E-state index contributed by atoms with van der Waals surface area (Å²) in [5, 5.41) is 10.3. The van der Waals surface area contributed by atoms with Gasteiger partial charge in [-0.2, -0.15) is 0 Å². The number of ether oxygens (including phenoxy) is 1. The van der Waals surface area contributed by atoms with Crippen LogP contribution in [-0.4, -0.2) is 37.6 Å². The minimum atomic E-state index is -0.175. The summed E-state index contributed by atoms with van der Waals surface area (Å²) in [6, 6.07) is 8.48. The average Bonchev–Trinajstić information content (AvgIpc) is 3.62. The van der Waals surface area contributed by atoms with Crippen molar-refractivity contribution in [3.8, 4) is 0 Å². The fraction of sp³-hybridized carbons (Fsp3) is 0.424. The minimum Gasteiger partial charge on any atom is -0.466 e. The third-order valence-corrected chi connectivity index (χ3v) is 8.68. The summed E-state index contributed by atoms with van der Waals surface area (Å²) in [7, 11) is 0. The van der Waals surface area contributed by atoms with Crippen molar-refractivity contribution in [3.05, 3.63) is 69.3 Å². The molecule has 0 saturated carbocycles. The molecule has 0 radical (unpaired) electrons. The van der Waals surface area contributed by atoms with Gasteiger partial charge in [0.25, 0.3) is 0 Å². The maximum Gasteiger partial charge on any atom is 0.305 e. The van der Waals surface area contributed by atoms with Gasteiger partial charge in [0.1, 0.15) is 0 Å². The Balaban J connectivity index is 1.84. The Hall–Kier alpha value is -3.71. The van der Waals surface area contributed by atoms with E-state index in [1.54, 1.807) is 0 Å². The molecule has 7 nitrogen and oxygen atoms in total. The molecule has 3 aromatic rings. The lowest BCUT2D eigenvalue weighted by molar-refractivity contribution is -0.143. The number of H-pyrrole nitrogens is 2. The number of aliphatic hydroxyl groups is 1. The molecule has 210 valence electrons. The molecule has 0 aromatic carbocycles. The van der Waals surface area contributed by atoms with Gasteiger partial charge in [-0.1, -0.05) is 13.8 Å². The van der Waals surface area contributed by atoms with Crippen LogP contribution in [0.4, 0.5) is 0 Å². The first-order valence-corrected chi connectivity index (χ1v) is 14.3. The molecule has 0 aliphatic carbocycles.